The maximum atomic E-state index is 12.6. The molecule has 0 radical (unpaired) electrons. The molecule has 1 fully saturated rings. The van der Waals surface area contributed by atoms with Crippen LogP contribution in [0.25, 0.3) is 0 Å². The third kappa shape index (κ3) is 5.13. The van der Waals surface area contributed by atoms with Gasteiger partial charge in [-0.25, -0.2) is 0 Å². The fourth-order valence-electron chi connectivity index (χ4n) is 2.95. The van der Waals surface area contributed by atoms with E-state index in [1.807, 2.05) is 40.7 Å². The lowest BCUT2D eigenvalue weighted by atomic mass is 9.88. The van der Waals surface area contributed by atoms with E-state index in [0.29, 0.717) is 0 Å². The van der Waals surface area contributed by atoms with Gasteiger partial charge in [-0.2, -0.15) is 0 Å². The van der Waals surface area contributed by atoms with E-state index in [1.165, 1.54) is 11.8 Å². The number of allylic oxidation sites excluding steroid dienone is 1. The van der Waals surface area contributed by atoms with Crippen LogP contribution in [-0.2, 0) is 16.1 Å². The van der Waals surface area contributed by atoms with Crippen molar-refractivity contribution in [3.63, 3.8) is 0 Å². The summed E-state index contributed by atoms with van der Waals surface area (Å²) in [7, 11) is 0. The summed E-state index contributed by atoms with van der Waals surface area (Å²) < 4.78 is 21.2. The molecule has 2 aliphatic rings. The SMILES string of the molecule is C[C@@H]1C/C=C\[C@@H](C)[C@@H](N[S+]([O-])C(C)(C)C)C2OC(S1)C(O)C(O)C2O. The first kappa shape index (κ1) is 21.5. The Morgan fingerprint density at radius 3 is 2.40 bits per heavy atom. The second-order valence-electron chi connectivity index (χ2n) is 7.94. The molecule has 0 aliphatic carbocycles. The molecular formula is C17H31NO5S2. The molecule has 0 amide bonds. The van der Waals surface area contributed by atoms with E-state index in [0.717, 1.165) is 6.42 Å². The van der Waals surface area contributed by atoms with Crippen LogP contribution in [0.2, 0.25) is 0 Å². The van der Waals surface area contributed by atoms with Crippen molar-refractivity contribution in [1.82, 2.24) is 4.72 Å². The standard InChI is InChI=1S/C17H31NO5S2/c1-9-7-6-8-10(2)24-16-14(21)12(19)13(20)15(23-16)11(9)18-25(22)17(3,4)5/h6-7,9-16,18-21H,8H2,1-5H3/b7-6-/t9-,10-,11-,12?,13?,14?,15?,16?,25?/m1/s1. The topological polar surface area (TPSA) is 105 Å². The average molecular weight is 394 g/mol. The van der Waals surface area contributed by atoms with Gasteiger partial charge in [-0.05, 0) is 33.1 Å². The van der Waals surface area contributed by atoms with E-state index in [4.69, 9.17) is 4.74 Å². The molecule has 0 aromatic carbocycles. The van der Waals surface area contributed by atoms with Gasteiger partial charge in [0.2, 0.25) is 0 Å². The van der Waals surface area contributed by atoms with Gasteiger partial charge in [0.25, 0.3) is 0 Å². The summed E-state index contributed by atoms with van der Waals surface area (Å²) in [5.41, 5.74) is -0.635. The van der Waals surface area contributed by atoms with Crippen LogP contribution in [0.5, 0.6) is 0 Å². The summed E-state index contributed by atoms with van der Waals surface area (Å²) in [5.74, 6) is -0.0654. The zero-order valence-electron chi connectivity index (χ0n) is 15.5. The highest BCUT2D eigenvalue weighted by molar-refractivity contribution is 8.00. The number of hydrogen-bond acceptors (Lipinski definition) is 7. The minimum Gasteiger partial charge on any atom is -0.598 e. The number of nitrogens with one attached hydrogen (secondary N) is 1. The highest BCUT2D eigenvalue weighted by Crippen LogP contribution is 2.36. The molecule has 9 atom stereocenters. The molecule has 2 bridgehead atoms. The number of hydrogen-bond donors (Lipinski definition) is 4. The minimum atomic E-state index is -1.36. The number of thioether (sulfide) groups is 1. The van der Waals surface area contributed by atoms with Gasteiger partial charge < -0.3 is 24.6 Å². The van der Waals surface area contributed by atoms with E-state index in [-0.39, 0.29) is 11.2 Å². The summed E-state index contributed by atoms with van der Waals surface area (Å²) in [6, 6.07) is -0.454. The minimum absolute atomic E-state index is 0.0654. The van der Waals surface area contributed by atoms with Gasteiger partial charge in [0, 0.05) is 16.6 Å². The smallest absolute Gasteiger partial charge is 0.136 e. The Morgan fingerprint density at radius 1 is 1.16 bits per heavy atom. The Morgan fingerprint density at radius 2 is 1.80 bits per heavy atom. The fraction of sp³-hybridized carbons (Fsp3) is 0.882. The Bertz CT molecular complexity index is 472. The summed E-state index contributed by atoms with van der Waals surface area (Å²) in [5, 5.41) is 31.3. The molecule has 1 saturated heterocycles. The Hall–Kier alpha value is 0.200. The first-order chi connectivity index (χ1) is 11.5. The molecule has 0 spiro atoms. The molecule has 0 saturated carbocycles. The zero-order valence-corrected chi connectivity index (χ0v) is 17.1. The van der Waals surface area contributed by atoms with Crippen LogP contribution in [0.4, 0.5) is 0 Å². The summed E-state index contributed by atoms with van der Waals surface area (Å²) in [4.78, 5) is 0. The third-order valence-electron chi connectivity index (χ3n) is 4.60. The van der Waals surface area contributed by atoms with E-state index in [2.05, 4.69) is 10.8 Å². The predicted octanol–water partition coefficient (Wildman–Crippen LogP) is 0.932. The molecule has 4 N–H and O–H groups in total. The normalized spacial score (nSPS) is 45.6. The maximum absolute atomic E-state index is 12.6. The average Bonchev–Trinajstić information content (AvgIpc) is 2.51. The molecule has 6 unspecified atom stereocenters. The number of aliphatic hydroxyl groups excluding tert-OH is 3. The largest absolute Gasteiger partial charge is 0.598 e. The molecule has 6 nitrogen and oxygen atoms in total. The predicted molar refractivity (Wildman–Crippen MR) is 101 cm³/mol. The van der Waals surface area contributed by atoms with E-state index < -0.39 is 52.0 Å². The molecular weight excluding hydrogens is 362 g/mol. The molecule has 25 heavy (non-hydrogen) atoms. The fourth-order valence-corrected chi connectivity index (χ4v) is 5.09. The molecule has 2 heterocycles. The summed E-state index contributed by atoms with van der Waals surface area (Å²) in [6.45, 7) is 9.61. The Kier molecular flexibility index (Phi) is 7.29. The van der Waals surface area contributed by atoms with E-state index >= 15 is 0 Å². The number of rotatable bonds is 2. The van der Waals surface area contributed by atoms with Crippen molar-refractivity contribution in [2.24, 2.45) is 5.92 Å². The van der Waals surface area contributed by atoms with Gasteiger partial charge >= 0.3 is 0 Å². The molecule has 0 aromatic heterocycles. The van der Waals surface area contributed by atoms with E-state index in [9.17, 15) is 19.9 Å². The van der Waals surface area contributed by atoms with Crippen LogP contribution in [0.3, 0.4) is 0 Å². The lowest BCUT2D eigenvalue weighted by molar-refractivity contribution is -0.205. The van der Waals surface area contributed by atoms with Crippen LogP contribution < -0.4 is 4.72 Å². The van der Waals surface area contributed by atoms with E-state index in [1.54, 1.807) is 0 Å². The van der Waals surface area contributed by atoms with Gasteiger partial charge in [0.15, 0.2) is 0 Å². The second kappa shape index (κ2) is 8.48. The van der Waals surface area contributed by atoms with Crippen LogP contribution in [-0.4, -0.2) is 65.8 Å². The number of fused-ring (bicyclic) bond motifs is 2. The quantitative estimate of drug-likeness (QED) is 0.409. The van der Waals surface area contributed by atoms with Crippen molar-refractivity contribution in [3.05, 3.63) is 12.2 Å². The van der Waals surface area contributed by atoms with Gasteiger partial charge in [-0.1, -0.05) is 26.0 Å². The lowest BCUT2D eigenvalue weighted by Gasteiger charge is -2.45. The lowest BCUT2D eigenvalue weighted by Crippen LogP contribution is -2.64. The number of ether oxygens (including phenoxy) is 1. The van der Waals surface area contributed by atoms with Crippen molar-refractivity contribution >= 4 is 23.1 Å². The molecule has 2 aliphatic heterocycles. The molecule has 0 aromatic rings. The molecule has 8 heteroatoms. The second-order valence-corrected chi connectivity index (χ2v) is 11.5. The van der Waals surface area contributed by atoms with Crippen molar-refractivity contribution in [1.29, 1.82) is 0 Å². The van der Waals surface area contributed by atoms with Gasteiger partial charge in [-0.3, -0.25) is 0 Å². The van der Waals surface area contributed by atoms with Crippen molar-refractivity contribution < 1.29 is 24.6 Å². The first-order valence-electron chi connectivity index (χ1n) is 8.72. The molecule has 2 rings (SSSR count). The number of aliphatic hydroxyl groups is 3. The van der Waals surface area contributed by atoms with Gasteiger partial charge in [0.05, 0.1) is 6.04 Å². The Balaban J connectivity index is 2.33. The highest BCUT2D eigenvalue weighted by Gasteiger charge is 2.49. The maximum Gasteiger partial charge on any atom is 0.136 e. The highest BCUT2D eigenvalue weighted by atomic mass is 32.2. The first-order valence-corrected chi connectivity index (χ1v) is 10.8. The van der Waals surface area contributed by atoms with Crippen LogP contribution in [0.1, 0.15) is 41.0 Å². The monoisotopic (exact) mass is 393 g/mol. The van der Waals surface area contributed by atoms with Crippen molar-refractivity contribution in [3.8, 4) is 0 Å². The van der Waals surface area contributed by atoms with Gasteiger partial charge in [0.1, 0.15) is 34.6 Å². The van der Waals surface area contributed by atoms with Crippen molar-refractivity contribution in [2.45, 2.75) is 86.9 Å². The van der Waals surface area contributed by atoms with Crippen molar-refractivity contribution in [2.75, 3.05) is 0 Å². The van der Waals surface area contributed by atoms with Gasteiger partial charge in [-0.15, -0.1) is 16.5 Å². The Labute approximate surface area is 157 Å². The summed E-state index contributed by atoms with van der Waals surface area (Å²) >= 11 is 0.0852. The third-order valence-corrected chi connectivity index (χ3v) is 7.51. The molecule has 146 valence electrons. The van der Waals surface area contributed by atoms with Crippen LogP contribution >= 0.6 is 11.8 Å². The summed E-state index contributed by atoms with van der Waals surface area (Å²) in [6.07, 6.45) is 0.423. The zero-order chi connectivity index (χ0) is 18.9. The van der Waals surface area contributed by atoms with Crippen LogP contribution in [0, 0.1) is 5.92 Å². The van der Waals surface area contributed by atoms with Crippen LogP contribution in [0.15, 0.2) is 12.2 Å².